The lowest BCUT2D eigenvalue weighted by Crippen LogP contribution is -2.24. The van der Waals surface area contributed by atoms with Crippen molar-refractivity contribution in [2.24, 2.45) is 0 Å². The van der Waals surface area contributed by atoms with Gasteiger partial charge in [-0.3, -0.25) is 0 Å². The van der Waals surface area contributed by atoms with Crippen LogP contribution in [0.3, 0.4) is 0 Å². The van der Waals surface area contributed by atoms with Gasteiger partial charge in [-0.15, -0.1) is 0 Å². The minimum absolute atomic E-state index is 0.536. The summed E-state index contributed by atoms with van der Waals surface area (Å²) in [5.41, 5.74) is 2.32. The summed E-state index contributed by atoms with van der Waals surface area (Å²) in [6.07, 6.45) is 1.20. The molecule has 2 rings (SSSR count). The van der Waals surface area contributed by atoms with Crippen LogP contribution in [0.5, 0.6) is 0 Å². The maximum Gasteiger partial charge on any atom is 0.0640 e. The van der Waals surface area contributed by atoms with Gasteiger partial charge in [0.2, 0.25) is 0 Å². The first-order valence-corrected chi connectivity index (χ1v) is 5.75. The Morgan fingerprint density at radius 3 is 2.87 bits per heavy atom. The molecule has 1 aliphatic rings. The van der Waals surface area contributed by atoms with E-state index >= 15 is 0 Å². The van der Waals surface area contributed by atoms with Crippen molar-refractivity contribution in [3.05, 3.63) is 28.8 Å². The summed E-state index contributed by atoms with van der Waals surface area (Å²) in [4.78, 5) is 2.34. The standard InChI is InChI=1S/C12H17ClN2/c1-9-4-3-5-11(13)12(9)14-10-6-7-15(2)8-10/h3-5,10,14H,6-8H2,1-2H3. The Morgan fingerprint density at radius 2 is 2.27 bits per heavy atom. The third-order valence-electron chi connectivity index (χ3n) is 2.96. The predicted molar refractivity (Wildman–Crippen MR) is 65.7 cm³/mol. The van der Waals surface area contributed by atoms with Gasteiger partial charge < -0.3 is 10.2 Å². The van der Waals surface area contributed by atoms with Gasteiger partial charge in [0.25, 0.3) is 0 Å². The van der Waals surface area contributed by atoms with Gasteiger partial charge >= 0.3 is 0 Å². The Hall–Kier alpha value is -0.730. The summed E-state index contributed by atoms with van der Waals surface area (Å²) in [6.45, 7) is 4.36. The number of aryl methyl sites for hydroxylation is 1. The molecule has 15 heavy (non-hydrogen) atoms. The molecule has 2 nitrogen and oxygen atoms in total. The van der Waals surface area contributed by atoms with Crippen molar-refractivity contribution < 1.29 is 0 Å². The highest BCUT2D eigenvalue weighted by atomic mass is 35.5. The lowest BCUT2D eigenvalue weighted by atomic mass is 10.1. The number of likely N-dealkylation sites (N-methyl/N-ethyl adjacent to an activating group) is 1. The highest BCUT2D eigenvalue weighted by Crippen LogP contribution is 2.27. The average molecular weight is 225 g/mol. The highest BCUT2D eigenvalue weighted by molar-refractivity contribution is 6.33. The van der Waals surface area contributed by atoms with Gasteiger partial charge in [0.05, 0.1) is 10.7 Å². The summed E-state index contributed by atoms with van der Waals surface area (Å²) in [5.74, 6) is 0. The van der Waals surface area contributed by atoms with Crippen LogP contribution in [-0.2, 0) is 0 Å². The Morgan fingerprint density at radius 1 is 1.47 bits per heavy atom. The van der Waals surface area contributed by atoms with E-state index in [-0.39, 0.29) is 0 Å². The van der Waals surface area contributed by atoms with Crippen LogP contribution in [-0.4, -0.2) is 31.1 Å². The van der Waals surface area contributed by atoms with Crippen LogP contribution < -0.4 is 5.32 Å². The molecule has 0 amide bonds. The molecular weight excluding hydrogens is 208 g/mol. The van der Waals surface area contributed by atoms with Crippen molar-refractivity contribution in [2.75, 3.05) is 25.5 Å². The predicted octanol–water partition coefficient (Wildman–Crippen LogP) is 2.76. The quantitative estimate of drug-likeness (QED) is 0.831. The van der Waals surface area contributed by atoms with E-state index in [4.69, 9.17) is 11.6 Å². The number of para-hydroxylation sites is 1. The summed E-state index contributed by atoms with van der Waals surface area (Å²) < 4.78 is 0. The Kier molecular flexibility index (Phi) is 3.17. The molecule has 1 unspecified atom stereocenters. The molecule has 1 atom stereocenters. The van der Waals surface area contributed by atoms with Crippen LogP contribution in [0.1, 0.15) is 12.0 Å². The van der Waals surface area contributed by atoms with E-state index in [9.17, 15) is 0 Å². The zero-order valence-corrected chi connectivity index (χ0v) is 10.0. The molecule has 0 radical (unpaired) electrons. The number of anilines is 1. The van der Waals surface area contributed by atoms with E-state index in [0.717, 1.165) is 17.3 Å². The molecule has 1 N–H and O–H groups in total. The normalized spacial score (nSPS) is 21.9. The smallest absolute Gasteiger partial charge is 0.0640 e. The molecule has 1 fully saturated rings. The third kappa shape index (κ3) is 2.44. The van der Waals surface area contributed by atoms with Crippen LogP contribution in [0.4, 0.5) is 5.69 Å². The average Bonchev–Trinajstić information content (AvgIpc) is 2.58. The summed E-state index contributed by atoms with van der Waals surface area (Å²) >= 11 is 6.17. The second kappa shape index (κ2) is 4.42. The van der Waals surface area contributed by atoms with E-state index in [1.807, 2.05) is 12.1 Å². The molecule has 1 aliphatic heterocycles. The van der Waals surface area contributed by atoms with Crippen molar-refractivity contribution in [3.8, 4) is 0 Å². The Labute approximate surface area is 96.2 Å². The van der Waals surface area contributed by atoms with Crippen LogP contribution in [0, 0.1) is 6.92 Å². The van der Waals surface area contributed by atoms with Gasteiger partial charge in [-0.05, 0) is 38.6 Å². The minimum atomic E-state index is 0.536. The van der Waals surface area contributed by atoms with Crippen molar-refractivity contribution >= 4 is 17.3 Å². The second-order valence-corrected chi connectivity index (χ2v) is 4.73. The largest absolute Gasteiger partial charge is 0.380 e. The van der Waals surface area contributed by atoms with E-state index in [0.29, 0.717) is 6.04 Å². The van der Waals surface area contributed by atoms with Gasteiger partial charge in [-0.25, -0.2) is 0 Å². The van der Waals surface area contributed by atoms with Crippen molar-refractivity contribution in [1.29, 1.82) is 0 Å². The fourth-order valence-corrected chi connectivity index (χ4v) is 2.35. The van der Waals surface area contributed by atoms with Crippen LogP contribution in [0.15, 0.2) is 18.2 Å². The van der Waals surface area contributed by atoms with Gasteiger partial charge in [-0.1, -0.05) is 23.7 Å². The minimum Gasteiger partial charge on any atom is -0.380 e. The first-order chi connectivity index (χ1) is 7.16. The number of hydrogen-bond donors (Lipinski definition) is 1. The topological polar surface area (TPSA) is 15.3 Å². The molecule has 0 bridgehead atoms. The van der Waals surface area contributed by atoms with Crippen molar-refractivity contribution in [3.63, 3.8) is 0 Å². The van der Waals surface area contributed by atoms with Crippen molar-refractivity contribution in [2.45, 2.75) is 19.4 Å². The number of nitrogens with zero attached hydrogens (tertiary/aromatic N) is 1. The molecule has 3 heteroatoms. The fraction of sp³-hybridized carbons (Fsp3) is 0.500. The maximum absolute atomic E-state index is 6.17. The SMILES string of the molecule is Cc1cccc(Cl)c1NC1CCN(C)C1. The van der Waals surface area contributed by atoms with Gasteiger partial charge in [0, 0.05) is 12.6 Å². The van der Waals surface area contributed by atoms with E-state index < -0.39 is 0 Å². The lowest BCUT2D eigenvalue weighted by molar-refractivity contribution is 0.414. The maximum atomic E-state index is 6.17. The molecule has 0 spiro atoms. The van der Waals surface area contributed by atoms with Gasteiger partial charge in [-0.2, -0.15) is 0 Å². The van der Waals surface area contributed by atoms with Gasteiger partial charge in [0.1, 0.15) is 0 Å². The lowest BCUT2D eigenvalue weighted by Gasteiger charge is -2.17. The first kappa shape index (κ1) is 10.8. The van der Waals surface area contributed by atoms with E-state index in [2.05, 4.69) is 30.3 Å². The van der Waals surface area contributed by atoms with E-state index in [1.165, 1.54) is 18.5 Å². The Balaban J connectivity index is 2.10. The molecule has 82 valence electrons. The Bertz CT molecular complexity index is 331. The number of benzene rings is 1. The van der Waals surface area contributed by atoms with Gasteiger partial charge in [0.15, 0.2) is 0 Å². The van der Waals surface area contributed by atoms with Crippen LogP contribution >= 0.6 is 11.6 Å². The molecular formula is C12H17ClN2. The molecule has 0 saturated carbocycles. The molecule has 0 aliphatic carbocycles. The number of nitrogens with one attached hydrogen (secondary N) is 1. The third-order valence-corrected chi connectivity index (χ3v) is 3.28. The summed E-state index contributed by atoms with van der Waals surface area (Å²) in [7, 11) is 2.15. The monoisotopic (exact) mass is 224 g/mol. The molecule has 0 aromatic heterocycles. The molecule has 1 saturated heterocycles. The highest BCUT2D eigenvalue weighted by Gasteiger charge is 2.20. The number of likely N-dealkylation sites (tertiary alicyclic amines) is 1. The van der Waals surface area contributed by atoms with Crippen molar-refractivity contribution in [1.82, 2.24) is 4.90 Å². The summed E-state index contributed by atoms with van der Waals surface area (Å²) in [5, 5.41) is 4.36. The molecule has 1 aromatic rings. The first-order valence-electron chi connectivity index (χ1n) is 5.37. The van der Waals surface area contributed by atoms with Crippen LogP contribution in [0.25, 0.3) is 0 Å². The molecule has 1 heterocycles. The van der Waals surface area contributed by atoms with E-state index in [1.54, 1.807) is 0 Å². The zero-order valence-electron chi connectivity index (χ0n) is 9.26. The number of rotatable bonds is 2. The number of halogens is 1. The summed E-state index contributed by atoms with van der Waals surface area (Å²) in [6, 6.07) is 6.56. The zero-order chi connectivity index (χ0) is 10.8. The van der Waals surface area contributed by atoms with Crippen LogP contribution in [0.2, 0.25) is 5.02 Å². The fourth-order valence-electron chi connectivity index (χ4n) is 2.07. The number of hydrogen-bond acceptors (Lipinski definition) is 2. The molecule has 1 aromatic carbocycles. The second-order valence-electron chi connectivity index (χ2n) is 4.32.